The number of rotatable bonds is 4. The first-order valence-electron chi connectivity index (χ1n) is 5.04. The molecule has 19 heavy (non-hydrogen) atoms. The summed E-state index contributed by atoms with van der Waals surface area (Å²) in [5.41, 5.74) is -1.76. The number of halogens is 3. The first kappa shape index (κ1) is 14.7. The Balaban J connectivity index is 3.37. The highest BCUT2D eigenvalue weighted by Crippen LogP contribution is 2.18. The number of aliphatic carboxylic acids is 1. The van der Waals surface area contributed by atoms with E-state index in [2.05, 4.69) is 0 Å². The third-order valence-electron chi connectivity index (χ3n) is 2.10. The summed E-state index contributed by atoms with van der Waals surface area (Å²) in [7, 11) is 2.89. The number of nitrogens with zero attached hydrogens (tertiary/aromatic N) is 1. The van der Waals surface area contributed by atoms with Crippen molar-refractivity contribution in [1.82, 2.24) is 4.90 Å². The SMILES string of the molecule is CN(C)C=C(C(=O)O)C(=O)c1cc(F)cc(F)c1F. The van der Waals surface area contributed by atoms with Crippen molar-refractivity contribution in [3.05, 3.63) is 46.9 Å². The summed E-state index contributed by atoms with van der Waals surface area (Å²) in [6, 6.07) is 0.718. The maximum atomic E-state index is 13.4. The molecule has 4 nitrogen and oxygen atoms in total. The molecule has 0 spiro atoms. The molecule has 0 aliphatic heterocycles. The average molecular weight is 273 g/mol. The molecule has 0 aliphatic rings. The fourth-order valence-corrected chi connectivity index (χ4v) is 1.34. The molecule has 0 radical (unpaired) electrons. The molecule has 0 bridgehead atoms. The number of carbonyl (C=O) groups excluding carboxylic acids is 1. The molecule has 1 N–H and O–H groups in total. The van der Waals surface area contributed by atoms with Gasteiger partial charge in [0.25, 0.3) is 0 Å². The molecule has 0 atom stereocenters. The van der Waals surface area contributed by atoms with Crippen LogP contribution in [0.15, 0.2) is 23.9 Å². The van der Waals surface area contributed by atoms with E-state index >= 15 is 0 Å². The van der Waals surface area contributed by atoms with Gasteiger partial charge in [-0.15, -0.1) is 0 Å². The summed E-state index contributed by atoms with van der Waals surface area (Å²) in [5.74, 6) is -7.24. The minimum atomic E-state index is -1.62. The minimum absolute atomic E-state index is 0.266. The zero-order chi connectivity index (χ0) is 14.7. The molecule has 7 heteroatoms. The Morgan fingerprint density at radius 1 is 1.21 bits per heavy atom. The van der Waals surface area contributed by atoms with Crippen molar-refractivity contribution < 1.29 is 27.9 Å². The number of benzene rings is 1. The second-order valence-electron chi connectivity index (χ2n) is 3.89. The van der Waals surface area contributed by atoms with Gasteiger partial charge in [0, 0.05) is 26.4 Å². The lowest BCUT2D eigenvalue weighted by atomic mass is 10.0. The molecule has 0 amide bonds. The summed E-state index contributed by atoms with van der Waals surface area (Å²) in [6.07, 6.45) is 0.924. The molecule has 0 saturated carbocycles. The second kappa shape index (κ2) is 5.55. The Bertz CT molecular complexity index is 568. The Kier molecular flexibility index (Phi) is 4.31. The fraction of sp³-hybridized carbons (Fsp3) is 0.167. The Morgan fingerprint density at radius 3 is 2.26 bits per heavy atom. The van der Waals surface area contributed by atoms with Crippen LogP contribution in [0, 0.1) is 17.5 Å². The maximum Gasteiger partial charge on any atom is 0.341 e. The first-order valence-corrected chi connectivity index (χ1v) is 5.04. The van der Waals surface area contributed by atoms with E-state index in [1.807, 2.05) is 0 Å². The average Bonchev–Trinajstić information content (AvgIpc) is 2.29. The van der Waals surface area contributed by atoms with E-state index < -0.39 is 40.3 Å². The highest BCUT2D eigenvalue weighted by molar-refractivity contribution is 6.23. The normalized spacial score (nSPS) is 11.3. The van der Waals surface area contributed by atoms with Gasteiger partial charge >= 0.3 is 5.97 Å². The molecular formula is C12H10F3NO3. The third-order valence-corrected chi connectivity index (χ3v) is 2.10. The number of carboxylic acid groups (broad SMARTS) is 1. The van der Waals surface area contributed by atoms with Crippen molar-refractivity contribution in [3.8, 4) is 0 Å². The predicted molar refractivity (Wildman–Crippen MR) is 60.1 cm³/mol. The lowest BCUT2D eigenvalue weighted by molar-refractivity contribution is -0.132. The number of carbonyl (C=O) groups is 2. The van der Waals surface area contributed by atoms with Gasteiger partial charge in [-0.3, -0.25) is 4.79 Å². The van der Waals surface area contributed by atoms with E-state index in [9.17, 15) is 22.8 Å². The van der Waals surface area contributed by atoms with E-state index in [0.29, 0.717) is 6.07 Å². The molecule has 0 saturated heterocycles. The van der Waals surface area contributed by atoms with Crippen LogP contribution in [0.2, 0.25) is 0 Å². The van der Waals surface area contributed by atoms with Crippen LogP contribution in [0.4, 0.5) is 13.2 Å². The number of Topliss-reactive ketones (excluding diaryl/α,β-unsaturated/α-hetero) is 1. The molecule has 1 aromatic carbocycles. The van der Waals surface area contributed by atoms with Gasteiger partial charge in [0.2, 0.25) is 5.78 Å². The molecule has 0 aromatic heterocycles. The summed E-state index contributed by atoms with van der Waals surface area (Å²) < 4.78 is 39.3. The first-order chi connectivity index (χ1) is 8.73. The number of ketones is 1. The summed E-state index contributed by atoms with van der Waals surface area (Å²) in [4.78, 5) is 23.9. The number of hydrogen-bond donors (Lipinski definition) is 1. The van der Waals surface area contributed by atoms with Gasteiger partial charge < -0.3 is 10.0 Å². The minimum Gasteiger partial charge on any atom is -0.477 e. The molecular weight excluding hydrogens is 263 g/mol. The van der Waals surface area contributed by atoms with Gasteiger partial charge in [-0.05, 0) is 6.07 Å². The van der Waals surface area contributed by atoms with Crippen LogP contribution in [0.25, 0.3) is 0 Å². The highest BCUT2D eigenvalue weighted by atomic mass is 19.2. The quantitative estimate of drug-likeness (QED) is 0.299. The predicted octanol–water partition coefficient (Wildman–Crippen LogP) is 1.82. The molecule has 1 aromatic rings. The van der Waals surface area contributed by atoms with Gasteiger partial charge in [0.15, 0.2) is 11.6 Å². The van der Waals surface area contributed by atoms with Gasteiger partial charge in [-0.2, -0.15) is 0 Å². The maximum absolute atomic E-state index is 13.4. The molecule has 0 unspecified atom stereocenters. The lowest BCUT2D eigenvalue weighted by Crippen LogP contribution is -2.18. The van der Waals surface area contributed by atoms with Crippen molar-refractivity contribution in [3.63, 3.8) is 0 Å². The van der Waals surface area contributed by atoms with E-state index in [0.717, 1.165) is 6.20 Å². The zero-order valence-electron chi connectivity index (χ0n) is 10.1. The van der Waals surface area contributed by atoms with Crippen LogP contribution in [0.1, 0.15) is 10.4 Å². The highest BCUT2D eigenvalue weighted by Gasteiger charge is 2.25. The monoisotopic (exact) mass is 273 g/mol. The van der Waals surface area contributed by atoms with Gasteiger partial charge in [-0.1, -0.05) is 0 Å². The van der Waals surface area contributed by atoms with Gasteiger partial charge in [-0.25, -0.2) is 18.0 Å². The van der Waals surface area contributed by atoms with E-state index in [1.54, 1.807) is 0 Å². The second-order valence-corrected chi connectivity index (χ2v) is 3.89. The van der Waals surface area contributed by atoms with Crippen LogP contribution >= 0.6 is 0 Å². The largest absolute Gasteiger partial charge is 0.477 e. The summed E-state index contributed by atoms with van der Waals surface area (Å²) >= 11 is 0. The fourth-order valence-electron chi connectivity index (χ4n) is 1.34. The zero-order valence-corrected chi connectivity index (χ0v) is 10.1. The van der Waals surface area contributed by atoms with Crippen LogP contribution in [0.5, 0.6) is 0 Å². The molecule has 0 aliphatic carbocycles. The van der Waals surface area contributed by atoms with Crippen LogP contribution in [-0.4, -0.2) is 35.9 Å². The molecule has 102 valence electrons. The number of carboxylic acids is 1. The van der Waals surface area contributed by atoms with Crippen LogP contribution < -0.4 is 0 Å². The number of hydrogen-bond acceptors (Lipinski definition) is 3. The van der Waals surface area contributed by atoms with Gasteiger partial charge in [0.05, 0.1) is 5.56 Å². The lowest BCUT2D eigenvalue weighted by Gasteiger charge is -2.09. The smallest absolute Gasteiger partial charge is 0.341 e. The van der Waals surface area contributed by atoms with Gasteiger partial charge in [0.1, 0.15) is 11.4 Å². The van der Waals surface area contributed by atoms with Crippen molar-refractivity contribution in [2.75, 3.05) is 14.1 Å². The summed E-state index contributed by atoms with van der Waals surface area (Å²) in [5, 5.41) is 8.86. The van der Waals surface area contributed by atoms with Crippen molar-refractivity contribution >= 4 is 11.8 Å². The van der Waals surface area contributed by atoms with Crippen LogP contribution in [0.3, 0.4) is 0 Å². The molecule has 0 heterocycles. The Labute approximate surface area is 106 Å². The topological polar surface area (TPSA) is 57.6 Å². The molecule has 1 rings (SSSR count). The van der Waals surface area contributed by atoms with Crippen molar-refractivity contribution in [1.29, 1.82) is 0 Å². The van der Waals surface area contributed by atoms with E-state index in [4.69, 9.17) is 5.11 Å². The summed E-state index contributed by atoms with van der Waals surface area (Å²) in [6.45, 7) is 0. The Morgan fingerprint density at radius 2 is 1.79 bits per heavy atom. The van der Waals surface area contributed by atoms with Crippen LogP contribution in [-0.2, 0) is 4.79 Å². The van der Waals surface area contributed by atoms with E-state index in [-0.39, 0.29) is 6.07 Å². The standard InChI is InChI=1S/C12H10F3NO3/c1-16(2)5-8(12(18)19)11(17)7-3-6(13)4-9(14)10(7)15/h3-5H,1-2H3,(H,18,19). The molecule has 0 fully saturated rings. The van der Waals surface area contributed by atoms with Crippen molar-refractivity contribution in [2.45, 2.75) is 0 Å². The Hall–Kier alpha value is -2.31. The van der Waals surface area contributed by atoms with Crippen molar-refractivity contribution in [2.24, 2.45) is 0 Å². The third kappa shape index (κ3) is 3.34. The van der Waals surface area contributed by atoms with E-state index in [1.165, 1.54) is 19.0 Å².